The molecule has 1 nitrogen and oxygen atoms in total. The summed E-state index contributed by atoms with van der Waals surface area (Å²) in [4.78, 5) is 2.25. The molecule has 0 amide bonds. The predicted octanol–water partition coefficient (Wildman–Crippen LogP) is 4.57. The summed E-state index contributed by atoms with van der Waals surface area (Å²) >= 11 is 0. The molecule has 1 aromatic carbocycles. The van der Waals surface area contributed by atoms with Gasteiger partial charge in [0, 0.05) is 5.54 Å². The van der Waals surface area contributed by atoms with Gasteiger partial charge in [-0.25, -0.2) is 4.39 Å². The van der Waals surface area contributed by atoms with E-state index in [1.54, 1.807) is 6.08 Å². The Morgan fingerprint density at radius 3 is 2.32 bits per heavy atom. The maximum Gasteiger partial charge on any atom is 0.112 e. The van der Waals surface area contributed by atoms with E-state index in [4.69, 9.17) is 0 Å². The van der Waals surface area contributed by atoms with E-state index in [1.807, 2.05) is 0 Å². The summed E-state index contributed by atoms with van der Waals surface area (Å²) in [6, 6.07) is 8.67. The largest absolute Gasteiger partial charge is 0.281 e. The van der Waals surface area contributed by atoms with Crippen LogP contribution in [-0.4, -0.2) is 17.0 Å². The van der Waals surface area contributed by atoms with Gasteiger partial charge in [-0.15, -0.1) is 0 Å². The number of benzene rings is 1. The molecule has 1 saturated carbocycles. The Hall–Kier alpha value is -1.15. The molecule has 0 N–H and O–H groups in total. The van der Waals surface area contributed by atoms with Gasteiger partial charge in [0.25, 0.3) is 0 Å². The Labute approximate surface area is 115 Å². The lowest BCUT2D eigenvalue weighted by atomic mass is 9.94. The lowest BCUT2D eigenvalue weighted by Gasteiger charge is -2.37. The number of hydrogen-bond donors (Lipinski definition) is 0. The zero-order valence-corrected chi connectivity index (χ0v) is 12.0. The summed E-state index contributed by atoms with van der Waals surface area (Å²) in [5.41, 5.74) is 2.70. The van der Waals surface area contributed by atoms with E-state index in [0.717, 1.165) is 0 Å². The molecule has 1 fully saturated rings. The van der Waals surface area contributed by atoms with Gasteiger partial charge in [0.1, 0.15) is 5.83 Å². The first-order chi connectivity index (χ1) is 8.97. The molecule has 2 heteroatoms. The molecule has 1 aliphatic carbocycles. The second-order valence-corrected chi connectivity index (χ2v) is 6.76. The fraction of sp³-hybridized carbons (Fsp3) is 0.529. The van der Waals surface area contributed by atoms with Gasteiger partial charge in [-0.05, 0) is 56.7 Å². The molecule has 1 unspecified atom stereocenters. The van der Waals surface area contributed by atoms with Crippen LogP contribution in [-0.2, 0) is 0 Å². The zero-order valence-electron chi connectivity index (χ0n) is 12.0. The van der Waals surface area contributed by atoms with Crippen molar-refractivity contribution in [3.05, 3.63) is 47.3 Å². The minimum atomic E-state index is -0.0222. The highest BCUT2D eigenvalue weighted by molar-refractivity contribution is 5.39. The molecule has 1 aliphatic heterocycles. The maximum atomic E-state index is 13.8. The third-order valence-electron chi connectivity index (χ3n) is 4.19. The molecule has 0 saturated heterocycles. The Morgan fingerprint density at radius 2 is 1.74 bits per heavy atom. The standard InChI is InChI=1S/C17H22FN/c1-17(2,3)19-11-13(18)10-16(19)15-7-5-4-6-14(15)12-8-9-12/h4-7,10,12,16H,8-9,11H2,1-3H3. The molecule has 0 aromatic heterocycles. The van der Waals surface area contributed by atoms with Crippen LogP contribution in [0.3, 0.4) is 0 Å². The first kappa shape index (κ1) is 12.9. The quantitative estimate of drug-likeness (QED) is 0.752. The van der Waals surface area contributed by atoms with Crippen molar-refractivity contribution < 1.29 is 4.39 Å². The van der Waals surface area contributed by atoms with E-state index in [0.29, 0.717) is 12.5 Å². The molecular formula is C17H22FN. The van der Waals surface area contributed by atoms with E-state index < -0.39 is 0 Å². The molecule has 2 aliphatic rings. The number of nitrogens with zero attached hydrogens (tertiary/aromatic N) is 1. The molecule has 102 valence electrons. The average Bonchev–Trinajstić information content (AvgIpc) is 3.11. The zero-order chi connectivity index (χ0) is 13.6. The minimum absolute atomic E-state index is 0.00512. The highest BCUT2D eigenvalue weighted by atomic mass is 19.1. The number of halogens is 1. The molecule has 3 rings (SSSR count). The van der Waals surface area contributed by atoms with Gasteiger partial charge in [-0.3, -0.25) is 4.90 Å². The van der Waals surface area contributed by atoms with Crippen LogP contribution < -0.4 is 0 Å². The highest BCUT2D eigenvalue weighted by Crippen LogP contribution is 2.46. The third kappa shape index (κ3) is 2.46. The van der Waals surface area contributed by atoms with Crippen LogP contribution in [0.25, 0.3) is 0 Å². The summed E-state index contributed by atoms with van der Waals surface area (Å²) in [6.45, 7) is 6.91. The molecule has 1 heterocycles. The summed E-state index contributed by atoms with van der Waals surface area (Å²) in [7, 11) is 0. The molecule has 1 aromatic rings. The van der Waals surface area contributed by atoms with Crippen molar-refractivity contribution in [1.82, 2.24) is 4.90 Å². The van der Waals surface area contributed by atoms with E-state index in [9.17, 15) is 4.39 Å². The molecule has 19 heavy (non-hydrogen) atoms. The van der Waals surface area contributed by atoms with Crippen LogP contribution in [0, 0.1) is 0 Å². The van der Waals surface area contributed by atoms with Gasteiger partial charge in [-0.1, -0.05) is 24.3 Å². The van der Waals surface area contributed by atoms with Gasteiger partial charge in [-0.2, -0.15) is 0 Å². The van der Waals surface area contributed by atoms with E-state index >= 15 is 0 Å². The molecule has 0 bridgehead atoms. The fourth-order valence-electron chi connectivity index (χ4n) is 3.03. The topological polar surface area (TPSA) is 3.24 Å². The first-order valence-electron chi connectivity index (χ1n) is 7.18. The normalized spacial score (nSPS) is 24.6. The van der Waals surface area contributed by atoms with Crippen LogP contribution in [0.4, 0.5) is 4.39 Å². The molecule has 1 atom stereocenters. The Kier molecular flexibility index (Phi) is 3.01. The van der Waals surface area contributed by atoms with Crippen LogP contribution >= 0.6 is 0 Å². The van der Waals surface area contributed by atoms with E-state index in [-0.39, 0.29) is 17.4 Å². The van der Waals surface area contributed by atoms with Gasteiger partial charge >= 0.3 is 0 Å². The predicted molar refractivity (Wildman–Crippen MR) is 76.8 cm³/mol. The smallest absolute Gasteiger partial charge is 0.112 e. The second kappa shape index (κ2) is 4.45. The lowest BCUT2D eigenvalue weighted by molar-refractivity contribution is 0.127. The highest BCUT2D eigenvalue weighted by Gasteiger charge is 2.37. The van der Waals surface area contributed by atoms with E-state index in [2.05, 4.69) is 49.9 Å². The van der Waals surface area contributed by atoms with Crippen molar-refractivity contribution in [1.29, 1.82) is 0 Å². The third-order valence-corrected chi connectivity index (χ3v) is 4.19. The second-order valence-electron chi connectivity index (χ2n) is 6.76. The van der Waals surface area contributed by atoms with Crippen molar-refractivity contribution in [3.8, 4) is 0 Å². The van der Waals surface area contributed by atoms with Gasteiger partial charge in [0.15, 0.2) is 0 Å². The van der Waals surface area contributed by atoms with Crippen LogP contribution in [0.15, 0.2) is 36.2 Å². The minimum Gasteiger partial charge on any atom is -0.281 e. The van der Waals surface area contributed by atoms with Gasteiger partial charge in [0.05, 0.1) is 12.6 Å². The number of rotatable bonds is 2. The summed E-state index contributed by atoms with van der Waals surface area (Å²) in [6.07, 6.45) is 4.36. The Balaban J connectivity index is 2.00. The number of hydrogen-bond acceptors (Lipinski definition) is 1. The lowest BCUT2D eigenvalue weighted by Crippen LogP contribution is -2.41. The summed E-state index contributed by atoms with van der Waals surface area (Å²) in [5, 5.41) is 0. The van der Waals surface area contributed by atoms with Crippen LogP contribution in [0.2, 0.25) is 0 Å². The Bertz CT molecular complexity index is 508. The average molecular weight is 259 g/mol. The van der Waals surface area contributed by atoms with Crippen LogP contribution in [0.5, 0.6) is 0 Å². The van der Waals surface area contributed by atoms with Gasteiger partial charge in [0.2, 0.25) is 0 Å². The fourth-order valence-corrected chi connectivity index (χ4v) is 3.03. The van der Waals surface area contributed by atoms with Crippen LogP contribution in [0.1, 0.15) is 56.7 Å². The summed E-state index contributed by atoms with van der Waals surface area (Å²) in [5.74, 6) is 0.709. The molecule has 0 radical (unpaired) electrons. The van der Waals surface area contributed by atoms with E-state index in [1.165, 1.54) is 24.0 Å². The monoisotopic (exact) mass is 259 g/mol. The maximum absolute atomic E-state index is 13.8. The molecule has 0 spiro atoms. The van der Waals surface area contributed by atoms with Crippen molar-refractivity contribution in [3.63, 3.8) is 0 Å². The van der Waals surface area contributed by atoms with Crippen molar-refractivity contribution >= 4 is 0 Å². The Morgan fingerprint density at radius 1 is 1.11 bits per heavy atom. The van der Waals surface area contributed by atoms with Crippen molar-refractivity contribution in [2.45, 2.75) is 51.1 Å². The SMILES string of the molecule is CC(C)(C)N1CC(F)=CC1c1ccccc1C1CC1. The van der Waals surface area contributed by atoms with Crippen molar-refractivity contribution in [2.75, 3.05) is 6.54 Å². The molecular weight excluding hydrogens is 237 g/mol. The summed E-state index contributed by atoms with van der Waals surface area (Å²) < 4.78 is 13.8. The van der Waals surface area contributed by atoms with Crippen molar-refractivity contribution in [2.24, 2.45) is 0 Å². The van der Waals surface area contributed by atoms with Gasteiger partial charge < -0.3 is 0 Å². The first-order valence-corrected chi connectivity index (χ1v) is 7.18.